The summed E-state index contributed by atoms with van der Waals surface area (Å²) in [4.78, 5) is 28.9. The molecule has 2 aromatic heterocycles. The molecule has 0 aliphatic rings. The standard InChI is InChI=1S/C18H16Cl2N2O3S/c1-8(2)16(23)14-17(24)13-11(19)4-5-12(20)15(13)21-18(14)26-7-10-6-9(3)25-22-10/h4-6,8H,7H2,1-3H3,(H,21,24). The van der Waals surface area contributed by atoms with Gasteiger partial charge in [0, 0.05) is 17.7 Å². The fourth-order valence-electron chi connectivity index (χ4n) is 2.55. The summed E-state index contributed by atoms with van der Waals surface area (Å²) in [6.45, 7) is 5.30. The zero-order chi connectivity index (χ0) is 19.0. The molecule has 0 spiro atoms. The molecule has 0 atom stereocenters. The summed E-state index contributed by atoms with van der Waals surface area (Å²) >= 11 is 13.7. The number of nitrogens with zero attached hydrogens (tertiary/aromatic N) is 1. The largest absolute Gasteiger partial charge is 0.361 e. The summed E-state index contributed by atoms with van der Waals surface area (Å²) < 4.78 is 5.06. The van der Waals surface area contributed by atoms with E-state index in [-0.39, 0.29) is 27.7 Å². The number of halogens is 2. The number of nitrogens with one attached hydrogen (secondary N) is 1. The van der Waals surface area contributed by atoms with Gasteiger partial charge in [-0.3, -0.25) is 9.59 Å². The number of hydrogen-bond donors (Lipinski definition) is 1. The third kappa shape index (κ3) is 3.54. The molecule has 0 aliphatic carbocycles. The second-order valence-corrected chi connectivity index (χ2v) is 7.97. The number of Topliss-reactive ketones (excluding diaryl/α,β-unsaturated/α-hetero) is 1. The molecule has 0 amide bonds. The first-order valence-corrected chi connectivity index (χ1v) is 9.67. The third-order valence-corrected chi connectivity index (χ3v) is 5.50. The van der Waals surface area contributed by atoms with Crippen LogP contribution in [0.1, 0.15) is 35.7 Å². The minimum absolute atomic E-state index is 0.0990. The van der Waals surface area contributed by atoms with Crippen LogP contribution >= 0.6 is 35.0 Å². The minimum atomic E-state index is -0.413. The highest BCUT2D eigenvalue weighted by molar-refractivity contribution is 7.98. The highest BCUT2D eigenvalue weighted by Crippen LogP contribution is 2.31. The van der Waals surface area contributed by atoms with Crippen LogP contribution in [0.2, 0.25) is 10.0 Å². The summed E-state index contributed by atoms with van der Waals surface area (Å²) in [6, 6.07) is 4.97. The smallest absolute Gasteiger partial charge is 0.202 e. The second-order valence-electron chi connectivity index (χ2n) is 6.17. The predicted octanol–water partition coefficient (Wildman–Crippen LogP) is 5.26. The molecule has 0 unspecified atom stereocenters. The van der Waals surface area contributed by atoms with E-state index >= 15 is 0 Å². The molecule has 0 saturated heterocycles. The molecular formula is C18H16Cl2N2O3S. The topological polar surface area (TPSA) is 76.0 Å². The van der Waals surface area contributed by atoms with E-state index in [0.29, 0.717) is 32.8 Å². The van der Waals surface area contributed by atoms with E-state index < -0.39 is 5.43 Å². The molecular weight excluding hydrogens is 395 g/mol. The van der Waals surface area contributed by atoms with Crippen LogP contribution in [0.4, 0.5) is 0 Å². The summed E-state index contributed by atoms with van der Waals surface area (Å²) in [5.74, 6) is 0.555. The van der Waals surface area contributed by atoms with Gasteiger partial charge in [-0.15, -0.1) is 11.8 Å². The van der Waals surface area contributed by atoms with Gasteiger partial charge in [0.25, 0.3) is 0 Å². The number of H-pyrrole nitrogens is 1. The van der Waals surface area contributed by atoms with Crippen LogP contribution in [0.15, 0.2) is 32.5 Å². The van der Waals surface area contributed by atoms with E-state index in [1.807, 2.05) is 0 Å². The van der Waals surface area contributed by atoms with Gasteiger partial charge >= 0.3 is 0 Å². The van der Waals surface area contributed by atoms with Crippen LogP contribution in [-0.4, -0.2) is 15.9 Å². The molecule has 0 aliphatic heterocycles. The van der Waals surface area contributed by atoms with Crippen LogP contribution in [0.3, 0.4) is 0 Å². The lowest BCUT2D eigenvalue weighted by atomic mass is 10.0. The lowest BCUT2D eigenvalue weighted by molar-refractivity contribution is 0.0935. The molecule has 26 heavy (non-hydrogen) atoms. The van der Waals surface area contributed by atoms with Gasteiger partial charge in [0.15, 0.2) is 5.78 Å². The maximum atomic E-state index is 13.1. The highest BCUT2D eigenvalue weighted by atomic mass is 35.5. The summed E-state index contributed by atoms with van der Waals surface area (Å²) in [5.41, 5.74) is 0.822. The number of aryl methyl sites for hydroxylation is 1. The fraction of sp³-hybridized carbons (Fsp3) is 0.278. The molecule has 5 nitrogen and oxygen atoms in total. The van der Waals surface area contributed by atoms with Crippen LogP contribution in [0, 0.1) is 12.8 Å². The SMILES string of the molecule is Cc1cc(CSc2[nH]c3c(Cl)ccc(Cl)c3c(=O)c2C(=O)C(C)C)no1. The Morgan fingerprint density at radius 2 is 2.00 bits per heavy atom. The van der Waals surface area contributed by atoms with Crippen molar-refractivity contribution in [3.05, 3.63) is 55.5 Å². The molecule has 0 bridgehead atoms. The number of benzene rings is 1. The van der Waals surface area contributed by atoms with Gasteiger partial charge in [0.1, 0.15) is 5.76 Å². The molecule has 3 aromatic rings. The quantitative estimate of drug-likeness (QED) is 0.458. The number of pyridine rings is 1. The summed E-state index contributed by atoms with van der Waals surface area (Å²) in [6.07, 6.45) is 0. The van der Waals surface area contributed by atoms with Gasteiger partial charge in [-0.2, -0.15) is 0 Å². The second kappa shape index (κ2) is 7.47. The number of rotatable bonds is 5. The van der Waals surface area contributed by atoms with Gasteiger partial charge in [-0.1, -0.05) is 42.2 Å². The number of carbonyl (C=O) groups excluding carboxylic acids is 1. The molecule has 136 valence electrons. The monoisotopic (exact) mass is 410 g/mol. The Hall–Kier alpha value is -1.76. The minimum Gasteiger partial charge on any atom is -0.361 e. The van der Waals surface area contributed by atoms with E-state index in [1.165, 1.54) is 11.8 Å². The van der Waals surface area contributed by atoms with Gasteiger partial charge in [0.2, 0.25) is 5.43 Å². The molecule has 8 heteroatoms. The van der Waals surface area contributed by atoms with E-state index in [1.54, 1.807) is 39.0 Å². The van der Waals surface area contributed by atoms with E-state index in [0.717, 1.165) is 0 Å². The average Bonchev–Trinajstić information content (AvgIpc) is 3.01. The van der Waals surface area contributed by atoms with Gasteiger partial charge in [-0.05, 0) is 19.1 Å². The van der Waals surface area contributed by atoms with Crippen molar-refractivity contribution in [2.75, 3.05) is 0 Å². The lowest BCUT2D eigenvalue weighted by Gasteiger charge is -2.13. The van der Waals surface area contributed by atoms with Crippen molar-refractivity contribution in [3.8, 4) is 0 Å². The first-order valence-electron chi connectivity index (χ1n) is 7.92. The van der Waals surface area contributed by atoms with E-state index in [4.69, 9.17) is 27.7 Å². The maximum absolute atomic E-state index is 13.1. The van der Waals surface area contributed by atoms with Crippen molar-refractivity contribution in [1.29, 1.82) is 0 Å². The molecule has 0 fully saturated rings. The van der Waals surface area contributed by atoms with Crippen molar-refractivity contribution in [3.63, 3.8) is 0 Å². The Balaban J connectivity index is 2.18. The predicted molar refractivity (Wildman–Crippen MR) is 105 cm³/mol. The van der Waals surface area contributed by atoms with Gasteiger partial charge in [-0.25, -0.2) is 0 Å². The number of aromatic nitrogens is 2. The summed E-state index contributed by atoms with van der Waals surface area (Å²) in [7, 11) is 0. The highest BCUT2D eigenvalue weighted by Gasteiger charge is 2.24. The van der Waals surface area contributed by atoms with Crippen molar-refractivity contribution in [2.24, 2.45) is 5.92 Å². The van der Waals surface area contributed by atoms with Crippen LogP contribution in [0.25, 0.3) is 10.9 Å². The fourth-order valence-corrected chi connectivity index (χ4v) is 3.94. The van der Waals surface area contributed by atoms with Crippen LogP contribution < -0.4 is 5.43 Å². The third-order valence-electron chi connectivity index (χ3n) is 3.84. The van der Waals surface area contributed by atoms with Gasteiger partial charge < -0.3 is 9.51 Å². The molecule has 2 heterocycles. The Morgan fingerprint density at radius 3 is 2.62 bits per heavy atom. The number of aromatic amines is 1. The zero-order valence-corrected chi connectivity index (χ0v) is 16.7. The zero-order valence-electron chi connectivity index (χ0n) is 14.4. The molecule has 1 aromatic carbocycles. The van der Waals surface area contributed by atoms with Crippen molar-refractivity contribution in [1.82, 2.24) is 10.1 Å². The molecule has 0 radical (unpaired) electrons. The number of fused-ring (bicyclic) bond motifs is 1. The summed E-state index contributed by atoms with van der Waals surface area (Å²) in [5, 5.41) is 5.24. The normalized spacial score (nSPS) is 11.5. The Labute approximate surface area is 164 Å². The van der Waals surface area contributed by atoms with Gasteiger partial charge in [0.05, 0.1) is 37.2 Å². The Kier molecular flexibility index (Phi) is 5.46. The first kappa shape index (κ1) is 19.0. The molecule has 1 N–H and O–H groups in total. The van der Waals surface area contributed by atoms with E-state index in [2.05, 4.69) is 10.1 Å². The Bertz CT molecular complexity index is 1060. The van der Waals surface area contributed by atoms with Crippen molar-refractivity contribution >= 4 is 51.6 Å². The number of thioether (sulfide) groups is 1. The molecule has 0 saturated carbocycles. The maximum Gasteiger partial charge on any atom is 0.202 e. The number of hydrogen-bond acceptors (Lipinski definition) is 5. The molecule has 3 rings (SSSR count). The van der Waals surface area contributed by atoms with Crippen molar-refractivity contribution < 1.29 is 9.32 Å². The first-order chi connectivity index (χ1) is 12.3. The van der Waals surface area contributed by atoms with Crippen LogP contribution in [-0.2, 0) is 5.75 Å². The number of ketones is 1. The van der Waals surface area contributed by atoms with Crippen molar-refractivity contribution in [2.45, 2.75) is 31.6 Å². The van der Waals surface area contributed by atoms with E-state index in [9.17, 15) is 9.59 Å². The average molecular weight is 411 g/mol. The number of carbonyl (C=O) groups is 1. The Morgan fingerprint density at radius 1 is 1.31 bits per heavy atom. The lowest BCUT2D eigenvalue weighted by Crippen LogP contribution is -2.22. The van der Waals surface area contributed by atoms with Crippen LogP contribution in [0.5, 0.6) is 0 Å².